The highest BCUT2D eigenvalue weighted by molar-refractivity contribution is 6.08. The van der Waals surface area contributed by atoms with Crippen molar-refractivity contribution in [2.24, 2.45) is 17.3 Å². The zero-order valence-electron chi connectivity index (χ0n) is 21.7. The van der Waals surface area contributed by atoms with Crippen LogP contribution >= 0.6 is 0 Å². The third kappa shape index (κ3) is 7.24. The molecule has 1 saturated carbocycles. The number of hydrogen-bond donors (Lipinski definition) is 3. The van der Waals surface area contributed by atoms with Crippen molar-refractivity contribution < 1.29 is 29.1 Å². The third-order valence-corrected chi connectivity index (χ3v) is 7.14. The van der Waals surface area contributed by atoms with Crippen LogP contribution in [-0.4, -0.2) is 47.0 Å². The molecule has 0 saturated heterocycles. The summed E-state index contributed by atoms with van der Waals surface area (Å²) in [5, 5.41) is 16.2. The van der Waals surface area contributed by atoms with Gasteiger partial charge in [-0.2, -0.15) is 0 Å². The number of hydrogen-bond acceptors (Lipinski definition) is 5. The third-order valence-electron chi connectivity index (χ3n) is 7.14. The number of aliphatic carboxylic acids is 1. The molecule has 1 unspecified atom stereocenters. The van der Waals surface area contributed by atoms with Gasteiger partial charge in [0.05, 0.1) is 18.5 Å². The summed E-state index contributed by atoms with van der Waals surface area (Å²) in [4.78, 5) is 61.4. The van der Waals surface area contributed by atoms with Gasteiger partial charge in [0.2, 0.25) is 5.91 Å². The number of ketones is 1. The van der Waals surface area contributed by atoms with E-state index in [2.05, 4.69) is 10.6 Å². The number of rotatable bonds is 11. The van der Waals surface area contributed by atoms with Crippen LogP contribution in [0.5, 0.6) is 0 Å². The summed E-state index contributed by atoms with van der Waals surface area (Å²) in [5.41, 5.74) is -0.00333. The molecule has 0 aromatic heterocycles. The van der Waals surface area contributed by atoms with Crippen molar-refractivity contribution in [3.63, 3.8) is 0 Å². The molecule has 198 valence electrons. The van der Waals surface area contributed by atoms with Gasteiger partial charge in [-0.1, -0.05) is 63.6 Å². The number of benzene rings is 2. The topological polar surface area (TPSA) is 130 Å². The Hall–Kier alpha value is -3.55. The minimum absolute atomic E-state index is 0.0459. The fourth-order valence-electron chi connectivity index (χ4n) is 5.22. The zero-order chi connectivity index (χ0) is 27.2. The lowest BCUT2D eigenvalue weighted by molar-refractivity contribution is -0.139. The molecule has 0 aliphatic heterocycles. The summed E-state index contributed by atoms with van der Waals surface area (Å²) < 4.78 is 0. The van der Waals surface area contributed by atoms with E-state index in [0.717, 1.165) is 23.6 Å². The Kier molecular flexibility index (Phi) is 9.18. The van der Waals surface area contributed by atoms with Crippen LogP contribution in [-0.2, 0) is 19.2 Å². The van der Waals surface area contributed by atoms with E-state index < -0.39 is 29.9 Å². The molecule has 0 heterocycles. The van der Waals surface area contributed by atoms with Gasteiger partial charge in [0.25, 0.3) is 5.91 Å². The molecule has 3 N–H and O–H groups in total. The normalized spacial score (nSPS) is 19.1. The Morgan fingerprint density at radius 3 is 2.41 bits per heavy atom. The molecule has 1 fully saturated rings. The first-order valence-corrected chi connectivity index (χ1v) is 12.8. The number of carbonyl (C=O) groups excluding carboxylic acids is 4. The van der Waals surface area contributed by atoms with E-state index in [1.807, 2.05) is 57.2 Å². The Balaban J connectivity index is 1.66. The van der Waals surface area contributed by atoms with Gasteiger partial charge >= 0.3 is 5.97 Å². The van der Waals surface area contributed by atoms with Crippen molar-refractivity contribution in [1.82, 2.24) is 10.6 Å². The summed E-state index contributed by atoms with van der Waals surface area (Å²) in [6, 6.07) is 11.3. The van der Waals surface area contributed by atoms with Crippen LogP contribution < -0.4 is 10.6 Å². The molecule has 37 heavy (non-hydrogen) atoms. The monoisotopic (exact) mass is 508 g/mol. The molecule has 2 aromatic carbocycles. The second-order valence-corrected chi connectivity index (χ2v) is 11.0. The molecule has 0 radical (unpaired) electrons. The highest BCUT2D eigenvalue weighted by Crippen LogP contribution is 2.36. The van der Waals surface area contributed by atoms with Crippen molar-refractivity contribution in [1.29, 1.82) is 0 Å². The van der Waals surface area contributed by atoms with Gasteiger partial charge in [-0.05, 0) is 47.4 Å². The predicted molar refractivity (Wildman–Crippen MR) is 140 cm³/mol. The van der Waals surface area contributed by atoms with Crippen LogP contribution in [0.4, 0.5) is 0 Å². The van der Waals surface area contributed by atoms with E-state index in [9.17, 15) is 24.0 Å². The number of aldehydes is 1. The van der Waals surface area contributed by atoms with Gasteiger partial charge in [-0.3, -0.25) is 19.2 Å². The van der Waals surface area contributed by atoms with E-state index in [0.29, 0.717) is 24.7 Å². The number of carboxylic acids is 1. The maximum absolute atomic E-state index is 13.4. The standard InChI is InChI=1S/C29H36N2O6/c1-29(2,3)26(31-28(37)23-13-7-9-18-8-4-5-11-21(18)23)24(33)15-14-19-10-6-12-22(19)27(36)30-20(17-32)16-25(34)35/h4-5,7-9,11,13,17,19-20,22,26H,6,10,12,14-16H2,1-3H3,(H,30,36)(H,31,37)(H,34,35)/t19?,20-,22+,26+/m0/s1. The summed E-state index contributed by atoms with van der Waals surface area (Å²) in [5.74, 6) is -2.32. The van der Waals surface area contributed by atoms with Gasteiger partial charge in [-0.25, -0.2) is 0 Å². The first-order chi connectivity index (χ1) is 17.5. The summed E-state index contributed by atoms with van der Waals surface area (Å²) >= 11 is 0. The van der Waals surface area contributed by atoms with Gasteiger partial charge in [0.15, 0.2) is 5.78 Å². The van der Waals surface area contributed by atoms with Gasteiger partial charge in [-0.15, -0.1) is 0 Å². The van der Waals surface area contributed by atoms with Gasteiger partial charge in [0.1, 0.15) is 6.29 Å². The lowest BCUT2D eigenvalue weighted by Crippen LogP contribution is -2.49. The van der Waals surface area contributed by atoms with E-state index >= 15 is 0 Å². The summed E-state index contributed by atoms with van der Waals surface area (Å²) in [7, 11) is 0. The summed E-state index contributed by atoms with van der Waals surface area (Å²) in [6.45, 7) is 5.73. The average Bonchev–Trinajstić information content (AvgIpc) is 3.32. The molecular weight excluding hydrogens is 472 g/mol. The van der Waals surface area contributed by atoms with Crippen molar-refractivity contribution in [2.45, 2.75) is 71.4 Å². The SMILES string of the molecule is CC(C)(C)[C@H](NC(=O)c1cccc2ccccc12)C(=O)CCC1CCC[C@H]1C(=O)N[C@H](C=O)CC(=O)O. The smallest absolute Gasteiger partial charge is 0.305 e. The lowest BCUT2D eigenvalue weighted by atomic mass is 9.81. The Morgan fingerprint density at radius 2 is 1.73 bits per heavy atom. The number of carbonyl (C=O) groups is 5. The maximum Gasteiger partial charge on any atom is 0.305 e. The van der Waals surface area contributed by atoms with Gasteiger partial charge < -0.3 is 20.5 Å². The molecule has 2 amide bonds. The summed E-state index contributed by atoms with van der Waals surface area (Å²) in [6.07, 6.45) is 2.89. The quantitative estimate of drug-likeness (QED) is 0.395. The molecule has 1 aliphatic carbocycles. The van der Waals surface area contributed by atoms with Crippen LogP contribution in [0, 0.1) is 17.3 Å². The van der Waals surface area contributed by atoms with E-state index in [4.69, 9.17) is 5.11 Å². The number of amides is 2. The molecule has 3 rings (SSSR count). The predicted octanol–water partition coefficient (Wildman–Crippen LogP) is 3.91. The molecule has 4 atom stereocenters. The van der Waals surface area contributed by atoms with Crippen LogP contribution in [0.3, 0.4) is 0 Å². The molecular formula is C29H36N2O6. The van der Waals surface area contributed by atoms with Crippen LogP contribution in [0.25, 0.3) is 10.8 Å². The fourth-order valence-corrected chi connectivity index (χ4v) is 5.22. The van der Waals surface area contributed by atoms with Crippen LogP contribution in [0.1, 0.15) is 69.7 Å². The number of fused-ring (bicyclic) bond motifs is 1. The van der Waals surface area contributed by atoms with Crippen molar-refractivity contribution in [3.05, 3.63) is 48.0 Å². The Labute approximate surface area is 217 Å². The maximum atomic E-state index is 13.4. The highest BCUT2D eigenvalue weighted by atomic mass is 16.4. The minimum atomic E-state index is -1.16. The lowest BCUT2D eigenvalue weighted by Gasteiger charge is -2.31. The van der Waals surface area contributed by atoms with E-state index in [-0.39, 0.29) is 35.9 Å². The molecule has 8 heteroatoms. The first kappa shape index (κ1) is 28.0. The zero-order valence-corrected chi connectivity index (χ0v) is 21.7. The van der Waals surface area contributed by atoms with E-state index in [1.165, 1.54) is 0 Å². The van der Waals surface area contributed by atoms with Crippen molar-refractivity contribution in [2.75, 3.05) is 0 Å². The Morgan fingerprint density at radius 1 is 1.03 bits per heavy atom. The van der Waals surface area contributed by atoms with Crippen molar-refractivity contribution >= 4 is 40.6 Å². The number of nitrogens with one attached hydrogen (secondary N) is 2. The molecule has 1 aliphatic rings. The Bertz CT molecular complexity index is 1160. The number of carboxylic acid groups (broad SMARTS) is 1. The second-order valence-electron chi connectivity index (χ2n) is 11.0. The fraction of sp³-hybridized carbons (Fsp3) is 0.483. The molecule has 0 bridgehead atoms. The number of Topliss-reactive ketones (excluding diaryl/α,β-unsaturated/α-hetero) is 1. The second kappa shape index (κ2) is 12.1. The van der Waals surface area contributed by atoms with Crippen LogP contribution in [0.15, 0.2) is 42.5 Å². The molecule has 2 aromatic rings. The van der Waals surface area contributed by atoms with Crippen molar-refractivity contribution in [3.8, 4) is 0 Å². The van der Waals surface area contributed by atoms with Gasteiger partial charge in [0, 0.05) is 17.9 Å². The first-order valence-electron chi connectivity index (χ1n) is 12.8. The minimum Gasteiger partial charge on any atom is -0.481 e. The largest absolute Gasteiger partial charge is 0.481 e. The molecule has 0 spiro atoms. The van der Waals surface area contributed by atoms with E-state index in [1.54, 1.807) is 6.07 Å². The van der Waals surface area contributed by atoms with Crippen LogP contribution in [0.2, 0.25) is 0 Å². The average molecular weight is 509 g/mol. The highest BCUT2D eigenvalue weighted by Gasteiger charge is 2.37. The molecule has 8 nitrogen and oxygen atoms in total.